The van der Waals surface area contributed by atoms with Crippen LogP contribution in [0.3, 0.4) is 0 Å². The maximum Gasteiger partial charge on any atom is 0.0937 e. The van der Waals surface area contributed by atoms with Crippen molar-refractivity contribution >= 4 is 11.3 Å². The van der Waals surface area contributed by atoms with Gasteiger partial charge in [0, 0.05) is 37.7 Å². The number of aliphatic hydroxyl groups excluding tert-OH is 1. The van der Waals surface area contributed by atoms with Crippen LogP contribution in [0.25, 0.3) is 0 Å². The second-order valence-corrected chi connectivity index (χ2v) is 4.17. The van der Waals surface area contributed by atoms with Gasteiger partial charge in [0.25, 0.3) is 0 Å². The molecule has 0 aliphatic rings. The molecule has 0 saturated heterocycles. The van der Waals surface area contributed by atoms with Crippen LogP contribution >= 0.6 is 11.3 Å². The van der Waals surface area contributed by atoms with Gasteiger partial charge < -0.3 is 10.0 Å². The van der Waals surface area contributed by atoms with Gasteiger partial charge in [0.15, 0.2) is 0 Å². The van der Waals surface area contributed by atoms with Crippen molar-refractivity contribution in [2.75, 3.05) is 26.2 Å². The first kappa shape index (κ1) is 11.6. The topological polar surface area (TPSA) is 36.4 Å². The minimum Gasteiger partial charge on any atom is -0.396 e. The molecule has 0 unspecified atom stereocenters. The standard InChI is InChI=1S/C10H18N2OS/c1-2-12(6-3-8-13)7-4-10-11-5-9-14-10/h5,9,13H,2-4,6-8H2,1H3. The Morgan fingerprint density at radius 3 is 2.93 bits per heavy atom. The summed E-state index contributed by atoms with van der Waals surface area (Å²) in [5.74, 6) is 0. The molecule has 1 aromatic heterocycles. The molecule has 1 aromatic rings. The Bertz CT molecular complexity index is 226. The van der Waals surface area contributed by atoms with E-state index in [0.717, 1.165) is 32.5 Å². The Labute approximate surface area is 89.4 Å². The van der Waals surface area contributed by atoms with Gasteiger partial charge in [-0.25, -0.2) is 4.98 Å². The van der Waals surface area contributed by atoms with Crippen LogP contribution in [-0.2, 0) is 6.42 Å². The highest BCUT2D eigenvalue weighted by atomic mass is 32.1. The van der Waals surface area contributed by atoms with Crippen LogP contribution in [0.15, 0.2) is 11.6 Å². The van der Waals surface area contributed by atoms with E-state index in [0.29, 0.717) is 0 Å². The predicted octanol–water partition coefficient (Wildman–Crippen LogP) is 1.39. The number of aromatic nitrogens is 1. The molecule has 0 atom stereocenters. The second kappa shape index (κ2) is 6.92. The van der Waals surface area contributed by atoms with Crippen LogP contribution in [0.2, 0.25) is 0 Å². The van der Waals surface area contributed by atoms with Gasteiger partial charge in [-0.3, -0.25) is 0 Å². The molecule has 1 rings (SSSR count). The van der Waals surface area contributed by atoms with Gasteiger partial charge >= 0.3 is 0 Å². The van der Waals surface area contributed by atoms with Crippen LogP contribution < -0.4 is 0 Å². The third kappa shape index (κ3) is 4.17. The van der Waals surface area contributed by atoms with E-state index in [1.54, 1.807) is 11.3 Å². The van der Waals surface area contributed by atoms with Crippen molar-refractivity contribution < 1.29 is 5.11 Å². The van der Waals surface area contributed by atoms with E-state index in [-0.39, 0.29) is 6.61 Å². The van der Waals surface area contributed by atoms with Crippen LogP contribution in [0.5, 0.6) is 0 Å². The molecule has 0 amide bonds. The van der Waals surface area contributed by atoms with Crippen molar-refractivity contribution in [3.8, 4) is 0 Å². The summed E-state index contributed by atoms with van der Waals surface area (Å²) in [5, 5.41) is 11.9. The lowest BCUT2D eigenvalue weighted by Crippen LogP contribution is -2.27. The van der Waals surface area contributed by atoms with Crippen molar-refractivity contribution in [2.24, 2.45) is 0 Å². The lowest BCUT2D eigenvalue weighted by Gasteiger charge is -2.18. The zero-order chi connectivity index (χ0) is 10.2. The lowest BCUT2D eigenvalue weighted by atomic mass is 10.3. The number of aliphatic hydroxyl groups is 1. The minimum atomic E-state index is 0.285. The molecule has 0 bridgehead atoms. The highest BCUT2D eigenvalue weighted by Gasteiger charge is 2.03. The summed E-state index contributed by atoms with van der Waals surface area (Å²) in [4.78, 5) is 6.59. The molecule has 0 fully saturated rings. The Morgan fingerprint density at radius 2 is 2.36 bits per heavy atom. The molecule has 1 N–H and O–H groups in total. The van der Waals surface area contributed by atoms with E-state index in [1.807, 2.05) is 11.6 Å². The molecule has 80 valence electrons. The molecule has 1 heterocycles. The van der Waals surface area contributed by atoms with Gasteiger partial charge in [-0.1, -0.05) is 6.92 Å². The van der Waals surface area contributed by atoms with Crippen molar-refractivity contribution in [1.29, 1.82) is 0 Å². The molecule has 0 aromatic carbocycles. The van der Waals surface area contributed by atoms with E-state index in [1.165, 1.54) is 5.01 Å². The number of hydrogen-bond donors (Lipinski definition) is 1. The average Bonchev–Trinajstić information content (AvgIpc) is 2.71. The summed E-state index contributed by atoms with van der Waals surface area (Å²) in [7, 11) is 0. The molecule has 0 spiro atoms. The summed E-state index contributed by atoms with van der Waals surface area (Å²) in [6.45, 7) is 5.51. The maximum atomic E-state index is 8.73. The van der Waals surface area contributed by atoms with Gasteiger partial charge in [-0.2, -0.15) is 0 Å². The predicted molar refractivity (Wildman–Crippen MR) is 59.6 cm³/mol. The van der Waals surface area contributed by atoms with Crippen molar-refractivity contribution in [3.05, 3.63) is 16.6 Å². The molecule has 0 radical (unpaired) electrons. The number of likely N-dealkylation sites (N-methyl/N-ethyl adjacent to an activating group) is 1. The molecule has 3 nitrogen and oxygen atoms in total. The molecule has 0 aliphatic carbocycles. The zero-order valence-electron chi connectivity index (χ0n) is 8.65. The second-order valence-electron chi connectivity index (χ2n) is 3.19. The maximum absolute atomic E-state index is 8.73. The van der Waals surface area contributed by atoms with Gasteiger partial charge in [0.05, 0.1) is 5.01 Å². The summed E-state index contributed by atoms with van der Waals surface area (Å²) >= 11 is 1.71. The van der Waals surface area contributed by atoms with E-state index in [2.05, 4.69) is 16.8 Å². The summed E-state index contributed by atoms with van der Waals surface area (Å²) in [5.41, 5.74) is 0. The van der Waals surface area contributed by atoms with Crippen LogP contribution in [0, 0.1) is 0 Å². The van der Waals surface area contributed by atoms with Crippen LogP contribution in [0.4, 0.5) is 0 Å². The first-order valence-electron chi connectivity index (χ1n) is 5.08. The normalized spacial score (nSPS) is 11.1. The SMILES string of the molecule is CCN(CCCO)CCc1nccs1. The lowest BCUT2D eigenvalue weighted by molar-refractivity contribution is 0.231. The molecule has 4 heteroatoms. The molecule has 14 heavy (non-hydrogen) atoms. The fraction of sp³-hybridized carbons (Fsp3) is 0.700. The van der Waals surface area contributed by atoms with Gasteiger partial charge in [-0.15, -0.1) is 11.3 Å². The first-order chi connectivity index (χ1) is 6.86. The Morgan fingerprint density at radius 1 is 1.50 bits per heavy atom. The highest BCUT2D eigenvalue weighted by molar-refractivity contribution is 7.09. The number of thiazole rings is 1. The number of nitrogens with zero attached hydrogens (tertiary/aromatic N) is 2. The zero-order valence-corrected chi connectivity index (χ0v) is 9.46. The Hall–Kier alpha value is -0.450. The number of rotatable bonds is 7. The number of hydrogen-bond acceptors (Lipinski definition) is 4. The first-order valence-corrected chi connectivity index (χ1v) is 5.96. The fourth-order valence-electron chi connectivity index (χ4n) is 1.35. The Kier molecular flexibility index (Phi) is 5.75. The van der Waals surface area contributed by atoms with Crippen molar-refractivity contribution in [3.63, 3.8) is 0 Å². The smallest absolute Gasteiger partial charge is 0.0937 e. The summed E-state index contributed by atoms with van der Waals surface area (Å²) in [6.07, 6.45) is 3.74. The third-order valence-corrected chi connectivity index (χ3v) is 3.04. The minimum absolute atomic E-state index is 0.285. The van der Waals surface area contributed by atoms with Gasteiger partial charge in [0.1, 0.15) is 0 Å². The van der Waals surface area contributed by atoms with E-state index >= 15 is 0 Å². The van der Waals surface area contributed by atoms with Gasteiger partial charge in [-0.05, 0) is 13.0 Å². The summed E-state index contributed by atoms with van der Waals surface area (Å²) < 4.78 is 0. The molecular formula is C10H18N2OS. The average molecular weight is 214 g/mol. The van der Waals surface area contributed by atoms with E-state index < -0.39 is 0 Å². The molecule has 0 saturated carbocycles. The Balaban J connectivity index is 2.20. The fourth-order valence-corrected chi connectivity index (χ4v) is 1.96. The van der Waals surface area contributed by atoms with E-state index in [9.17, 15) is 0 Å². The summed E-state index contributed by atoms with van der Waals surface area (Å²) in [6, 6.07) is 0. The van der Waals surface area contributed by atoms with Crippen molar-refractivity contribution in [1.82, 2.24) is 9.88 Å². The molecule has 0 aliphatic heterocycles. The van der Waals surface area contributed by atoms with E-state index in [4.69, 9.17) is 5.11 Å². The van der Waals surface area contributed by atoms with Crippen LogP contribution in [0.1, 0.15) is 18.4 Å². The van der Waals surface area contributed by atoms with Gasteiger partial charge in [0.2, 0.25) is 0 Å². The molecular weight excluding hydrogens is 196 g/mol. The quantitative estimate of drug-likeness (QED) is 0.745. The third-order valence-electron chi connectivity index (χ3n) is 2.21. The largest absolute Gasteiger partial charge is 0.396 e. The monoisotopic (exact) mass is 214 g/mol. The van der Waals surface area contributed by atoms with Crippen LogP contribution in [-0.4, -0.2) is 41.2 Å². The van der Waals surface area contributed by atoms with Crippen molar-refractivity contribution in [2.45, 2.75) is 19.8 Å². The highest BCUT2D eigenvalue weighted by Crippen LogP contribution is 2.05.